The number of thiazole rings is 1. The maximum atomic E-state index is 13.5. The highest BCUT2D eigenvalue weighted by Gasteiger charge is 2.17. The Bertz CT molecular complexity index is 1120. The van der Waals surface area contributed by atoms with Crippen molar-refractivity contribution in [3.63, 3.8) is 0 Å². The van der Waals surface area contributed by atoms with Gasteiger partial charge >= 0.3 is 0 Å². The Hall–Kier alpha value is -3.07. The van der Waals surface area contributed by atoms with Crippen LogP contribution in [0, 0.1) is 5.82 Å². The van der Waals surface area contributed by atoms with Crippen LogP contribution in [0.25, 0.3) is 11.3 Å². The highest BCUT2D eigenvalue weighted by atomic mass is 32.1. The lowest BCUT2D eigenvalue weighted by molar-refractivity contribution is -0.117. The number of fused-ring (bicyclic) bond motifs is 1. The highest BCUT2D eigenvalue weighted by molar-refractivity contribution is 7.15. The van der Waals surface area contributed by atoms with Crippen molar-refractivity contribution in [1.29, 1.82) is 0 Å². The summed E-state index contributed by atoms with van der Waals surface area (Å²) in [5.41, 5.74) is 1.58. The lowest BCUT2D eigenvalue weighted by Crippen LogP contribution is -2.29. The third-order valence-corrected chi connectivity index (χ3v) is 6.01. The van der Waals surface area contributed by atoms with E-state index in [1.54, 1.807) is 0 Å². The molecule has 0 fully saturated rings. The molecule has 1 aliphatic rings. The van der Waals surface area contributed by atoms with Crippen molar-refractivity contribution in [3.05, 3.63) is 57.1 Å². The molecule has 9 heteroatoms. The lowest BCUT2D eigenvalue weighted by atomic mass is 10.1. The molecule has 0 bridgehead atoms. The molecule has 1 N–H and O–H groups in total. The molecule has 3 aromatic rings. The van der Waals surface area contributed by atoms with E-state index in [4.69, 9.17) is 4.74 Å². The quantitative estimate of drug-likeness (QED) is 0.630. The number of benzene rings is 1. The van der Waals surface area contributed by atoms with Crippen molar-refractivity contribution in [1.82, 2.24) is 14.8 Å². The number of aromatic nitrogens is 3. The number of carbonyl (C=O) groups excluding carboxylic acids is 1. The molecule has 1 aliphatic carbocycles. The Kier molecular flexibility index (Phi) is 5.89. The van der Waals surface area contributed by atoms with Crippen LogP contribution < -0.4 is 15.6 Å². The zero-order valence-corrected chi connectivity index (χ0v) is 17.3. The molecule has 2 heterocycles. The van der Waals surface area contributed by atoms with Crippen LogP contribution in [-0.2, 0) is 24.2 Å². The number of hydrogen-bond donors (Lipinski definition) is 1. The van der Waals surface area contributed by atoms with Crippen molar-refractivity contribution < 1.29 is 13.9 Å². The first-order valence-electron chi connectivity index (χ1n) is 9.74. The molecule has 0 radical (unpaired) electrons. The number of nitrogens with one attached hydrogen (secondary N) is 1. The predicted molar refractivity (Wildman–Crippen MR) is 112 cm³/mol. The number of rotatable bonds is 5. The molecule has 4 rings (SSSR count). The molecule has 156 valence electrons. The highest BCUT2D eigenvalue weighted by Crippen LogP contribution is 2.29. The van der Waals surface area contributed by atoms with E-state index < -0.39 is 11.4 Å². The van der Waals surface area contributed by atoms with Gasteiger partial charge in [-0.25, -0.2) is 14.1 Å². The second kappa shape index (κ2) is 8.74. The van der Waals surface area contributed by atoms with Crippen LogP contribution in [0.4, 0.5) is 9.52 Å². The number of anilines is 1. The van der Waals surface area contributed by atoms with Crippen molar-refractivity contribution in [2.24, 2.45) is 0 Å². The molecule has 0 aliphatic heterocycles. The van der Waals surface area contributed by atoms with Gasteiger partial charge in [0.15, 0.2) is 5.13 Å². The van der Waals surface area contributed by atoms with E-state index in [2.05, 4.69) is 15.4 Å². The second-order valence-corrected chi connectivity index (χ2v) is 8.14. The zero-order valence-electron chi connectivity index (χ0n) is 16.5. The van der Waals surface area contributed by atoms with Gasteiger partial charge in [0.25, 0.3) is 5.56 Å². The lowest BCUT2D eigenvalue weighted by Gasteiger charge is -2.10. The summed E-state index contributed by atoms with van der Waals surface area (Å²) >= 11 is 1.50. The number of methoxy groups -OCH3 is 1. The minimum Gasteiger partial charge on any atom is -0.496 e. The van der Waals surface area contributed by atoms with Gasteiger partial charge in [-0.3, -0.25) is 9.59 Å². The van der Waals surface area contributed by atoms with E-state index >= 15 is 0 Å². The molecule has 0 unspecified atom stereocenters. The fraction of sp³-hybridized carbons (Fsp3) is 0.333. The van der Waals surface area contributed by atoms with Gasteiger partial charge in [0, 0.05) is 22.6 Å². The minimum atomic E-state index is -0.440. The number of amides is 1. The van der Waals surface area contributed by atoms with Crippen LogP contribution in [0.2, 0.25) is 0 Å². The number of hydrogen-bond acceptors (Lipinski definition) is 6. The molecule has 1 amide bonds. The summed E-state index contributed by atoms with van der Waals surface area (Å²) in [6, 6.07) is 6.89. The van der Waals surface area contributed by atoms with Crippen molar-refractivity contribution in [2.45, 2.75) is 38.6 Å². The maximum absolute atomic E-state index is 13.5. The average molecular weight is 428 g/mol. The number of ether oxygens (including phenoxy) is 1. The number of halogens is 1. The number of nitrogens with zero attached hydrogens (tertiary/aromatic N) is 3. The number of aryl methyl sites for hydroxylation is 2. The van der Waals surface area contributed by atoms with Gasteiger partial charge in [0.2, 0.25) is 5.91 Å². The van der Waals surface area contributed by atoms with Gasteiger partial charge in [-0.15, -0.1) is 11.3 Å². The van der Waals surface area contributed by atoms with Crippen LogP contribution in [0.15, 0.2) is 35.1 Å². The summed E-state index contributed by atoms with van der Waals surface area (Å²) in [5, 5.41) is 7.59. The molecular weight excluding hydrogens is 407 g/mol. The van der Waals surface area contributed by atoms with Crippen LogP contribution in [0.3, 0.4) is 0 Å². The Morgan fingerprint density at radius 1 is 1.23 bits per heavy atom. The summed E-state index contributed by atoms with van der Waals surface area (Å²) in [6.45, 7) is -0.250. The normalized spacial score (nSPS) is 13.4. The van der Waals surface area contributed by atoms with Crippen molar-refractivity contribution in [2.75, 3.05) is 12.4 Å². The van der Waals surface area contributed by atoms with Crippen LogP contribution in [-0.4, -0.2) is 27.8 Å². The van der Waals surface area contributed by atoms with Crippen molar-refractivity contribution in [3.8, 4) is 17.0 Å². The monoisotopic (exact) mass is 428 g/mol. The van der Waals surface area contributed by atoms with Crippen LogP contribution in [0.1, 0.15) is 29.8 Å². The smallest absolute Gasteiger partial charge is 0.267 e. The van der Waals surface area contributed by atoms with Crippen LogP contribution >= 0.6 is 11.3 Å². The van der Waals surface area contributed by atoms with Gasteiger partial charge in [-0.1, -0.05) is 6.42 Å². The van der Waals surface area contributed by atoms with Crippen LogP contribution in [0.5, 0.6) is 5.75 Å². The second-order valence-electron chi connectivity index (χ2n) is 7.06. The molecular formula is C21H21FN4O3S. The van der Waals surface area contributed by atoms with E-state index in [1.165, 1.54) is 60.1 Å². The van der Waals surface area contributed by atoms with Gasteiger partial charge < -0.3 is 10.1 Å². The Morgan fingerprint density at radius 3 is 2.90 bits per heavy atom. The Morgan fingerprint density at radius 2 is 2.07 bits per heavy atom. The maximum Gasteiger partial charge on any atom is 0.267 e. The third kappa shape index (κ3) is 4.40. The molecule has 0 saturated carbocycles. The molecule has 30 heavy (non-hydrogen) atoms. The Balaban J connectivity index is 1.53. The summed E-state index contributed by atoms with van der Waals surface area (Å²) in [5.74, 6) is -0.525. The standard InChI is InChI=1S/C21H21FN4O3S/c1-29-17-11-13(22)7-8-14(17)15-9-10-20(28)26(25-15)12-19(27)24-21-23-16-5-3-2-4-6-18(16)30-21/h7-11H,2-6,12H2,1H3,(H,23,24,27). The van der Waals surface area contributed by atoms with E-state index in [1.807, 2.05) is 0 Å². The fourth-order valence-electron chi connectivity index (χ4n) is 3.46. The SMILES string of the molecule is COc1cc(F)ccc1-c1ccc(=O)n(CC(=O)Nc2nc3c(s2)CCCCC3)n1. The first-order chi connectivity index (χ1) is 14.5. The minimum absolute atomic E-state index is 0.250. The first kappa shape index (κ1) is 20.2. The van der Waals surface area contributed by atoms with E-state index in [0.717, 1.165) is 36.1 Å². The summed E-state index contributed by atoms with van der Waals surface area (Å²) in [6.07, 6.45) is 5.38. The largest absolute Gasteiger partial charge is 0.496 e. The van der Waals surface area contributed by atoms with Gasteiger partial charge in [-0.2, -0.15) is 5.10 Å². The van der Waals surface area contributed by atoms with E-state index in [-0.39, 0.29) is 12.5 Å². The molecule has 1 aromatic carbocycles. The molecule has 7 nitrogen and oxygen atoms in total. The first-order valence-corrected chi connectivity index (χ1v) is 10.6. The van der Waals surface area contributed by atoms with Crippen molar-refractivity contribution >= 4 is 22.4 Å². The molecule has 2 aromatic heterocycles. The predicted octanol–water partition coefficient (Wildman–Crippen LogP) is 3.42. The third-order valence-electron chi connectivity index (χ3n) is 4.94. The van der Waals surface area contributed by atoms with Gasteiger partial charge in [-0.05, 0) is 43.9 Å². The van der Waals surface area contributed by atoms with E-state index in [0.29, 0.717) is 22.1 Å². The molecule has 0 spiro atoms. The summed E-state index contributed by atoms with van der Waals surface area (Å²) in [7, 11) is 1.43. The van der Waals surface area contributed by atoms with Gasteiger partial charge in [0.05, 0.1) is 18.5 Å². The van der Waals surface area contributed by atoms with Gasteiger partial charge in [0.1, 0.15) is 18.1 Å². The zero-order chi connectivity index (χ0) is 21.1. The number of carbonyl (C=O) groups is 1. The molecule has 0 atom stereocenters. The summed E-state index contributed by atoms with van der Waals surface area (Å²) < 4.78 is 19.7. The average Bonchev–Trinajstić information content (AvgIpc) is 2.97. The van der Waals surface area contributed by atoms with E-state index in [9.17, 15) is 14.0 Å². The summed E-state index contributed by atoms with van der Waals surface area (Å²) in [4.78, 5) is 30.5. The Labute approximate surface area is 176 Å². The fourth-order valence-corrected chi connectivity index (χ4v) is 4.53. The topological polar surface area (TPSA) is 86.1 Å². The molecule has 0 saturated heterocycles.